The van der Waals surface area contributed by atoms with Crippen LogP contribution in [0.15, 0.2) is 42.6 Å². The van der Waals surface area contributed by atoms with E-state index in [-0.39, 0.29) is 11.9 Å². The summed E-state index contributed by atoms with van der Waals surface area (Å²) in [6.45, 7) is 1.45. The topological polar surface area (TPSA) is 59.2 Å². The zero-order valence-electron chi connectivity index (χ0n) is 11.9. The van der Waals surface area contributed by atoms with Gasteiger partial charge in [-0.15, -0.1) is 0 Å². The van der Waals surface area contributed by atoms with Crippen molar-refractivity contribution in [1.82, 2.24) is 9.88 Å². The monoisotopic (exact) mass is 281 g/mol. The molecule has 0 aliphatic carbocycles. The van der Waals surface area contributed by atoms with Crippen molar-refractivity contribution in [3.05, 3.63) is 48.2 Å². The molecule has 1 aliphatic rings. The van der Waals surface area contributed by atoms with Crippen molar-refractivity contribution in [3.8, 4) is 0 Å². The number of hydrogen-bond acceptors (Lipinski definition) is 3. The minimum absolute atomic E-state index is 0.0260. The first-order chi connectivity index (χ1) is 10.2. The Morgan fingerprint density at radius 2 is 2.19 bits per heavy atom. The molecule has 0 spiro atoms. The van der Waals surface area contributed by atoms with Gasteiger partial charge in [-0.05, 0) is 25.0 Å². The number of carbonyl (C=O) groups is 1. The molecule has 1 aromatic heterocycles. The molecule has 0 bridgehead atoms. The van der Waals surface area contributed by atoms with Crippen molar-refractivity contribution >= 4 is 22.9 Å². The highest BCUT2D eigenvalue weighted by molar-refractivity contribution is 5.95. The van der Waals surface area contributed by atoms with Crippen LogP contribution in [0.5, 0.6) is 0 Å². The quantitative estimate of drug-likeness (QED) is 0.858. The number of likely N-dealkylation sites (tertiary alicyclic amines) is 1. The van der Waals surface area contributed by atoms with E-state index in [9.17, 15) is 4.79 Å². The fraction of sp³-hybridized carbons (Fsp3) is 0.294. The van der Waals surface area contributed by atoms with Crippen LogP contribution in [0.4, 0.5) is 0 Å². The molecule has 2 aromatic rings. The van der Waals surface area contributed by atoms with Crippen LogP contribution in [0, 0.1) is 0 Å². The highest BCUT2D eigenvalue weighted by Crippen LogP contribution is 2.17. The van der Waals surface area contributed by atoms with Crippen molar-refractivity contribution in [2.45, 2.75) is 18.9 Å². The third kappa shape index (κ3) is 3.11. The summed E-state index contributed by atoms with van der Waals surface area (Å²) in [5.41, 5.74) is 7.79. The summed E-state index contributed by atoms with van der Waals surface area (Å²) >= 11 is 0. The number of fused-ring (bicyclic) bond motifs is 1. The molecular weight excluding hydrogens is 262 g/mol. The Hall–Kier alpha value is -2.20. The molecule has 21 heavy (non-hydrogen) atoms. The van der Waals surface area contributed by atoms with Gasteiger partial charge in [-0.2, -0.15) is 0 Å². The van der Waals surface area contributed by atoms with E-state index < -0.39 is 0 Å². The molecule has 4 nitrogen and oxygen atoms in total. The van der Waals surface area contributed by atoms with Gasteiger partial charge < -0.3 is 10.6 Å². The predicted molar refractivity (Wildman–Crippen MR) is 84.6 cm³/mol. The molecule has 1 aliphatic heterocycles. The first-order valence-corrected chi connectivity index (χ1v) is 7.30. The maximum absolute atomic E-state index is 12.2. The third-order valence-electron chi connectivity index (χ3n) is 3.84. The summed E-state index contributed by atoms with van der Waals surface area (Å²) < 4.78 is 0. The number of hydrogen-bond donors (Lipinski definition) is 1. The zero-order valence-corrected chi connectivity index (χ0v) is 11.9. The molecule has 1 atom stereocenters. The highest BCUT2D eigenvalue weighted by atomic mass is 16.2. The second-order valence-electron chi connectivity index (χ2n) is 5.44. The Balaban J connectivity index is 1.80. The predicted octanol–water partition coefficient (Wildman–Crippen LogP) is 2.20. The standard InChI is InChI=1S/C17H19N3O/c18-15-7-3-11-20(12-15)16(21)9-8-14-5-1-4-13-6-2-10-19-17(13)14/h1-2,4-6,8-10,15H,3,7,11-12,18H2/b9-8+. The number of piperidine rings is 1. The van der Waals surface area contributed by atoms with Gasteiger partial charge in [-0.3, -0.25) is 9.78 Å². The van der Waals surface area contributed by atoms with E-state index in [2.05, 4.69) is 4.98 Å². The molecule has 4 heteroatoms. The van der Waals surface area contributed by atoms with Crippen LogP contribution in [-0.2, 0) is 4.79 Å². The number of amides is 1. The number of aromatic nitrogens is 1. The van der Waals surface area contributed by atoms with Gasteiger partial charge in [0.15, 0.2) is 0 Å². The molecular formula is C17H19N3O. The van der Waals surface area contributed by atoms with E-state index in [0.717, 1.165) is 35.9 Å². The zero-order chi connectivity index (χ0) is 14.7. The Labute approximate surface area is 124 Å². The molecule has 1 aromatic carbocycles. The molecule has 0 saturated carbocycles. The van der Waals surface area contributed by atoms with Crippen molar-refractivity contribution in [2.75, 3.05) is 13.1 Å². The first kappa shape index (κ1) is 13.8. The second-order valence-corrected chi connectivity index (χ2v) is 5.44. The molecule has 2 heterocycles. The maximum Gasteiger partial charge on any atom is 0.246 e. The molecule has 1 saturated heterocycles. The normalized spacial score (nSPS) is 19.3. The molecule has 2 N–H and O–H groups in total. The molecule has 108 valence electrons. The van der Waals surface area contributed by atoms with Crippen LogP contribution in [0.2, 0.25) is 0 Å². The minimum Gasteiger partial charge on any atom is -0.338 e. The fourth-order valence-electron chi connectivity index (χ4n) is 2.74. The number of rotatable bonds is 2. The summed E-state index contributed by atoms with van der Waals surface area (Å²) in [4.78, 5) is 18.4. The Morgan fingerprint density at radius 3 is 3.05 bits per heavy atom. The molecule has 0 radical (unpaired) electrons. The van der Waals surface area contributed by atoms with Crippen LogP contribution in [0.25, 0.3) is 17.0 Å². The highest BCUT2D eigenvalue weighted by Gasteiger charge is 2.19. The average molecular weight is 281 g/mol. The lowest BCUT2D eigenvalue weighted by molar-refractivity contribution is -0.127. The summed E-state index contributed by atoms with van der Waals surface area (Å²) in [7, 11) is 0. The lowest BCUT2D eigenvalue weighted by Crippen LogP contribution is -2.45. The van der Waals surface area contributed by atoms with Crippen LogP contribution >= 0.6 is 0 Å². The van der Waals surface area contributed by atoms with Gasteiger partial charge in [0.2, 0.25) is 5.91 Å². The lowest BCUT2D eigenvalue weighted by atomic mass is 10.1. The largest absolute Gasteiger partial charge is 0.338 e. The molecule has 1 unspecified atom stereocenters. The number of nitrogens with two attached hydrogens (primary N) is 1. The van der Waals surface area contributed by atoms with Gasteiger partial charge in [0.1, 0.15) is 0 Å². The smallest absolute Gasteiger partial charge is 0.246 e. The lowest BCUT2D eigenvalue weighted by Gasteiger charge is -2.29. The van der Waals surface area contributed by atoms with Gasteiger partial charge in [-0.1, -0.05) is 24.3 Å². The van der Waals surface area contributed by atoms with Gasteiger partial charge in [0, 0.05) is 42.4 Å². The minimum atomic E-state index is 0.0260. The van der Waals surface area contributed by atoms with E-state index in [0.29, 0.717) is 6.54 Å². The SMILES string of the molecule is NC1CCCN(C(=O)/C=C/c2cccc3cccnc23)C1. The van der Waals surface area contributed by atoms with Crippen molar-refractivity contribution in [3.63, 3.8) is 0 Å². The summed E-state index contributed by atoms with van der Waals surface area (Å²) in [6, 6.07) is 10.0. The Morgan fingerprint density at radius 1 is 1.33 bits per heavy atom. The number of carbonyl (C=O) groups excluding carboxylic acids is 1. The Bertz CT molecular complexity index is 675. The van der Waals surface area contributed by atoms with Gasteiger partial charge >= 0.3 is 0 Å². The number of benzene rings is 1. The fourth-order valence-corrected chi connectivity index (χ4v) is 2.74. The summed E-state index contributed by atoms with van der Waals surface area (Å²) in [5.74, 6) is 0.0260. The average Bonchev–Trinajstić information content (AvgIpc) is 2.52. The van der Waals surface area contributed by atoms with E-state index >= 15 is 0 Å². The van der Waals surface area contributed by atoms with Gasteiger partial charge in [-0.25, -0.2) is 0 Å². The van der Waals surface area contributed by atoms with Crippen LogP contribution in [0.1, 0.15) is 18.4 Å². The van der Waals surface area contributed by atoms with Crippen molar-refractivity contribution in [2.24, 2.45) is 5.73 Å². The van der Waals surface area contributed by atoms with E-state index in [1.54, 1.807) is 12.3 Å². The molecule has 3 rings (SSSR count). The van der Waals surface area contributed by atoms with Gasteiger partial charge in [0.25, 0.3) is 0 Å². The van der Waals surface area contributed by atoms with Gasteiger partial charge in [0.05, 0.1) is 5.52 Å². The van der Waals surface area contributed by atoms with E-state index in [1.807, 2.05) is 41.3 Å². The van der Waals surface area contributed by atoms with Crippen molar-refractivity contribution < 1.29 is 4.79 Å². The maximum atomic E-state index is 12.2. The molecule has 1 fully saturated rings. The number of nitrogens with zero attached hydrogens (tertiary/aromatic N) is 2. The third-order valence-corrected chi connectivity index (χ3v) is 3.84. The van der Waals surface area contributed by atoms with Crippen LogP contribution in [0.3, 0.4) is 0 Å². The number of para-hydroxylation sites is 1. The number of pyridine rings is 1. The summed E-state index contributed by atoms with van der Waals surface area (Å²) in [6.07, 6.45) is 7.22. The van der Waals surface area contributed by atoms with E-state index in [1.165, 1.54) is 0 Å². The van der Waals surface area contributed by atoms with Crippen LogP contribution < -0.4 is 5.73 Å². The Kier molecular flexibility index (Phi) is 3.97. The van der Waals surface area contributed by atoms with Crippen molar-refractivity contribution in [1.29, 1.82) is 0 Å². The van der Waals surface area contributed by atoms with Crippen LogP contribution in [-0.4, -0.2) is 34.9 Å². The van der Waals surface area contributed by atoms with E-state index in [4.69, 9.17) is 5.73 Å². The first-order valence-electron chi connectivity index (χ1n) is 7.30. The second kappa shape index (κ2) is 6.06. The molecule has 1 amide bonds. The summed E-state index contributed by atoms with van der Waals surface area (Å²) in [5, 5.41) is 1.08.